The van der Waals surface area contributed by atoms with Crippen molar-refractivity contribution in [2.24, 2.45) is 0 Å². The molecular weight excluding hydrogens is 752 g/mol. The van der Waals surface area contributed by atoms with Gasteiger partial charge in [-0.25, -0.2) is 24.3 Å². The number of ether oxygens (including phenoxy) is 3. The first-order valence-corrected chi connectivity index (χ1v) is 17.4. The molecule has 0 radical (unpaired) electrons. The Morgan fingerprint density at radius 1 is 1.09 bits per heavy atom. The van der Waals surface area contributed by atoms with Crippen molar-refractivity contribution in [1.29, 1.82) is 0 Å². The summed E-state index contributed by atoms with van der Waals surface area (Å²) in [5, 5.41) is 14.3. The van der Waals surface area contributed by atoms with E-state index in [1.54, 1.807) is 16.9 Å². The van der Waals surface area contributed by atoms with Crippen LogP contribution in [0.15, 0.2) is 68.8 Å². The maximum absolute atomic E-state index is 13.7. The average Bonchev–Trinajstić information content (AvgIpc) is 3.44. The first kappa shape index (κ1) is 34.0. The number of benzene rings is 2. The number of aromatic nitrogens is 4. The molecule has 1 aliphatic rings. The van der Waals surface area contributed by atoms with Crippen LogP contribution in [-0.4, -0.2) is 101 Å². The molecule has 1 fully saturated rings. The Kier molecular flexibility index (Phi) is 12.9. The molecule has 2 aromatic carbocycles. The van der Waals surface area contributed by atoms with Crippen molar-refractivity contribution in [2.75, 3.05) is 69.9 Å². The largest absolute Gasteiger partial charge is 0.446 e. The van der Waals surface area contributed by atoms with Gasteiger partial charge in [0.15, 0.2) is 16.6 Å². The van der Waals surface area contributed by atoms with Crippen LogP contribution in [0.1, 0.15) is 10.9 Å². The number of carbonyl (C=O) groups is 1. The highest BCUT2D eigenvalue weighted by atomic mass is 79.9. The second-order valence-electron chi connectivity index (χ2n) is 9.98. The number of nitrogens with zero attached hydrogens (tertiary/aromatic N) is 6. The average molecular weight is 785 g/mol. The van der Waals surface area contributed by atoms with E-state index in [1.165, 1.54) is 16.7 Å². The highest BCUT2D eigenvalue weighted by Crippen LogP contribution is 2.35. The van der Waals surface area contributed by atoms with E-state index in [4.69, 9.17) is 40.9 Å². The number of amides is 1. The first-order valence-electron chi connectivity index (χ1n) is 14.4. The zero-order valence-electron chi connectivity index (χ0n) is 24.4. The third kappa shape index (κ3) is 9.38. The second-order valence-corrected chi connectivity index (χ2v) is 13.4. The molecule has 1 unspecified atom stereocenters. The van der Waals surface area contributed by atoms with Crippen molar-refractivity contribution in [3.05, 3.63) is 69.2 Å². The molecule has 1 saturated heterocycles. The van der Waals surface area contributed by atoms with Gasteiger partial charge in [0, 0.05) is 34.3 Å². The SMILES string of the molecule is O=C(OCCOCCO)N(c1cccc(Br)c1)c1nc(SCCN2CCOCC2)nc2c1cnn2CC(Cl)c1ccc(Br)cc1. The number of halogens is 3. The van der Waals surface area contributed by atoms with Crippen molar-refractivity contribution in [3.8, 4) is 0 Å². The van der Waals surface area contributed by atoms with Crippen molar-refractivity contribution in [3.63, 3.8) is 0 Å². The van der Waals surface area contributed by atoms with E-state index in [9.17, 15) is 4.79 Å². The first-order chi connectivity index (χ1) is 21.9. The van der Waals surface area contributed by atoms with E-state index in [1.807, 2.05) is 42.5 Å². The summed E-state index contributed by atoms with van der Waals surface area (Å²) < 4.78 is 19.9. The minimum absolute atomic E-state index is 0.000894. The zero-order valence-corrected chi connectivity index (χ0v) is 29.1. The molecule has 1 aliphatic heterocycles. The number of alkyl halides is 1. The van der Waals surface area contributed by atoms with Gasteiger partial charge in [0.25, 0.3) is 0 Å². The van der Waals surface area contributed by atoms with Crippen LogP contribution >= 0.6 is 55.2 Å². The Labute approximate surface area is 287 Å². The Balaban J connectivity index is 1.50. The van der Waals surface area contributed by atoms with Gasteiger partial charge in [-0.05, 0) is 35.9 Å². The molecule has 0 spiro atoms. The lowest BCUT2D eigenvalue weighted by Crippen LogP contribution is -2.37. The van der Waals surface area contributed by atoms with Crippen LogP contribution in [-0.2, 0) is 20.8 Å². The van der Waals surface area contributed by atoms with Gasteiger partial charge >= 0.3 is 6.09 Å². The van der Waals surface area contributed by atoms with Crippen molar-refractivity contribution < 1.29 is 24.1 Å². The van der Waals surface area contributed by atoms with Crippen molar-refractivity contribution in [2.45, 2.75) is 17.1 Å². The molecule has 0 bridgehead atoms. The van der Waals surface area contributed by atoms with Crippen LogP contribution in [0, 0.1) is 0 Å². The van der Waals surface area contributed by atoms with Gasteiger partial charge in [0.2, 0.25) is 0 Å². The monoisotopic (exact) mass is 782 g/mol. The third-order valence-electron chi connectivity index (χ3n) is 6.91. The fourth-order valence-corrected chi connectivity index (χ4v) is 6.42. The molecule has 0 saturated carbocycles. The smallest absolute Gasteiger partial charge is 0.420 e. The van der Waals surface area contributed by atoms with Crippen LogP contribution in [0.2, 0.25) is 0 Å². The van der Waals surface area contributed by atoms with Crippen molar-refractivity contribution in [1.82, 2.24) is 24.6 Å². The molecule has 15 heteroatoms. The lowest BCUT2D eigenvalue weighted by Gasteiger charge is -2.26. The molecule has 11 nitrogen and oxygen atoms in total. The van der Waals surface area contributed by atoms with Crippen LogP contribution in [0.4, 0.5) is 16.3 Å². The van der Waals surface area contributed by atoms with E-state index in [0.29, 0.717) is 34.2 Å². The Morgan fingerprint density at radius 2 is 1.89 bits per heavy atom. The summed E-state index contributed by atoms with van der Waals surface area (Å²) in [4.78, 5) is 27.3. The van der Waals surface area contributed by atoms with Gasteiger partial charge in [-0.1, -0.05) is 61.8 Å². The highest BCUT2D eigenvalue weighted by Gasteiger charge is 2.27. The number of fused-ring (bicyclic) bond motifs is 1. The third-order valence-corrected chi connectivity index (χ3v) is 9.15. The summed E-state index contributed by atoms with van der Waals surface area (Å²) in [6, 6.07) is 15.2. The predicted molar refractivity (Wildman–Crippen MR) is 182 cm³/mol. The van der Waals surface area contributed by atoms with E-state index in [2.05, 4.69) is 41.9 Å². The molecule has 4 aromatic rings. The van der Waals surface area contributed by atoms with Crippen molar-refractivity contribution >= 4 is 83.9 Å². The Bertz CT molecular complexity index is 1560. The maximum atomic E-state index is 13.7. The summed E-state index contributed by atoms with van der Waals surface area (Å²) in [5.74, 6) is 1.09. The molecule has 5 rings (SSSR count). The molecule has 3 heterocycles. The number of aliphatic hydroxyl groups excluding tert-OH is 1. The molecule has 240 valence electrons. The fourth-order valence-electron chi connectivity index (χ4n) is 4.66. The summed E-state index contributed by atoms with van der Waals surface area (Å²) in [7, 11) is 0. The summed E-state index contributed by atoms with van der Waals surface area (Å²) in [6.07, 6.45) is 1.02. The van der Waals surface area contributed by atoms with Gasteiger partial charge in [0.1, 0.15) is 6.61 Å². The maximum Gasteiger partial charge on any atom is 0.420 e. The summed E-state index contributed by atoms with van der Waals surface area (Å²) in [6.45, 7) is 4.61. The molecule has 1 amide bonds. The molecule has 0 aliphatic carbocycles. The van der Waals surface area contributed by atoms with Crippen LogP contribution in [0.3, 0.4) is 0 Å². The predicted octanol–water partition coefficient (Wildman–Crippen LogP) is 6.04. The molecule has 2 aromatic heterocycles. The minimum Gasteiger partial charge on any atom is -0.446 e. The van der Waals surface area contributed by atoms with Crippen LogP contribution in [0.5, 0.6) is 0 Å². The molecule has 1 atom stereocenters. The molecule has 1 N–H and O–H groups in total. The number of rotatable bonds is 14. The topological polar surface area (TPSA) is 115 Å². The number of hydrogen-bond donors (Lipinski definition) is 1. The van der Waals surface area contributed by atoms with Crippen LogP contribution in [0.25, 0.3) is 11.0 Å². The lowest BCUT2D eigenvalue weighted by atomic mass is 10.1. The molecular formula is C30H33Br2ClN6O5S. The van der Waals surface area contributed by atoms with Gasteiger partial charge in [-0.3, -0.25) is 4.90 Å². The highest BCUT2D eigenvalue weighted by molar-refractivity contribution is 9.10. The van der Waals surface area contributed by atoms with E-state index < -0.39 is 6.09 Å². The summed E-state index contributed by atoms with van der Waals surface area (Å²) >= 11 is 15.4. The number of morpholine rings is 1. The Morgan fingerprint density at radius 3 is 2.64 bits per heavy atom. The molecule has 45 heavy (non-hydrogen) atoms. The number of aliphatic hydroxyl groups is 1. The van der Waals surface area contributed by atoms with E-state index in [0.717, 1.165) is 53.1 Å². The van der Waals surface area contributed by atoms with E-state index >= 15 is 0 Å². The van der Waals surface area contributed by atoms with Gasteiger partial charge in [-0.2, -0.15) is 5.10 Å². The van der Waals surface area contributed by atoms with Crippen LogP contribution < -0.4 is 4.90 Å². The number of anilines is 2. The van der Waals surface area contributed by atoms with E-state index in [-0.39, 0.29) is 31.8 Å². The number of thioether (sulfide) groups is 1. The Hall–Kier alpha value is -2.30. The van der Waals surface area contributed by atoms with Gasteiger partial charge < -0.3 is 19.3 Å². The number of carbonyl (C=O) groups excluding carboxylic acids is 1. The fraction of sp³-hybridized carbons (Fsp3) is 0.400. The summed E-state index contributed by atoms with van der Waals surface area (Å²) in [5.41, 5.74) is 2.05. The standard InChI is InChI=1S/C30H33Br2ClN6O5S/c31-22-6-4-21(5-7-22)26(33)20-38-27-25(19-34-38)28(36-29(35-27)45-17-10-37-8-12-42-13-9-37)39(24-3-1-2-23(32)18-24)30(41)44-16-15-43-14-11-40/h1-7,18-19,26,40H,8-17,20H2. The van der Waals surface area contributed by atoms with Gasteiger partial charge in [-0.15, -0.1) is 11.6 Å². The zero-order chi connectivity index (χ0) is 31.6. The lowest BCUT2D eigenvalue weighted by molar-refractivity contribution is 0.0410. The minimum atomic E-state index is -0.636. The normalized spacial score (nSPS) is 14.5. The quantitative estimate of drug-likeness (QED) is 0.0703. The second kappa shape index (κ2) is 17.0. The van der Waals surface area contributed by atoms with Gasteiger partial charge in [0.05, 0.1) is 62.2 Å². The number of hydrogen-bond acceptors (Lipinski definition) is 10.